The lowest BCUT2D eigenvalue weighted by molar-refractivity contribution is 0.0152. The zero-order chi connectivity index (χ0) is 16.7. The first-order valence-corrected chi connectivity index (χ1v) is 9.60. The fourth-order valence-electron chi connectivity index (χ4n) is 3.55. The molecule has 3 N–H and O–H groups in total. The van der Waals surface area contributed by atoms with E-state index in [1.807, 2.05) is 30.0 Å². The molecule has 1 aliphatic heterocycles. The number of imidazole rings is 1. The maximum absolute atomic E-state index is 11.1. The lowest BCUT2D eigenvalue weighted by Crippen LogP contribution is -2.38. The van der Waals surface area contributed by atoms with Gasteiger partial charge < -0.3 is 15.4 Å². The van der Waals surface area contributed by atoms with Gasteiger partial charge in [0.15, 0.2) is 5.82 Å². The Morgan fingerprint density at radius 1 is 1.25 bits per heavy atom. The maximum atomic E-state index is 11.1. The van der Waals surface area contributed by atoms with E-state index in [4.69, 9.17) is 10.7 Å². The Morgan fingerprint density at radius 2 is 2.00 bits per heavy atom. The van der Waals surface area contributed by atoms with Crippen molar-refractivity contribution in [1.82, 2.24) is 14.5 Å². The molecule has 24 heavy (non-hydrogen) atoms. The largest absolute Gasteiger partial charge is 0.388 e. The quantitative estimate of drug-likeness (QED) is 0.765. The Morgan fingerprint density at radius 3 is 2.75 bits per heavy atom. The predicted octanol–water partition coefficient (Wildman–Crippen LogP) is 2.99. The normalized spacial score (nSPS) is 17.6. The van der Waals surface area contributed by atoms with Gasteiger partial charge in [-0.25, -0.2) is 9.97 Å². The standard InChI is InChI=1S/C18H22N4OS/c1-2-14-21-15-16(12-5-3-4-6-13(12)20-17(15)19)22(14)11-18(23)7-9-24-10-8-18/h3-6,23H,2,7-11H2,1H3,(H2,19,20). The van der Waals surface area contributed by atoms with Crippen LogP contribution in [0.25, 0.3) is 21.9 Å². The van der Waals surface area contributed by atoms with Crippen LogP contribution >= 0.6 is 11.8 Å². The third kappa shape index (κ3) is 2.54. The molecule has 0 atom stereocenters. The average molecular weight is 342 g/mol. The summed E-state index contributed by atoms with van der Waals surface area (Å²) in [7, 11) is 0. The van der Waals surface area contributed by atoms with Gasteiger partial charge in [0.05, 0.1) is 23.2 Å². The molecule has 4 rings (SSSR count). The summed E-state index contributed by atoms with van der Waals surface area (Å²) in [5.74, 6) is 3.44. The third-order valence-electron chi connectivity index (χ3n) is 4.88. The van der Waals surface area contributed by atoms with Crippen molar-refractivity contribution >= 4 is 39.5 Å². The van der Waals surface area contributed by atoms with E-state index in [-0.39, 0.29) is 0 Å². The fourth-order valence-corrected chi connectivity index (χ4v) is 4.80. The van der Waals surface area contributed by atoms with Crippen LogP contribution in [0.1, 0.15) is 25.6 Å². The van der Waals surface area contributed by atoms with Crippen molar-refractivity contribution in [2.45, 2.75) is 38.3 Å². The topological polar surface area (TPSA) is 77.0 Å². The van der Waals surface area contributed by atoms with Gasteiger partial charge in [0.1, 0.15) is 11.3 Å². The van der Waals surface area contributed by atoms with Gasteiger partial charge in [0.2, 0.25) is 0 Å². The van der Waals surface area contributed by atoms with Crippen LogP contribution in [0.4, 0.5) is 5.82 Å². The number of aromatic nitrogens is 3. The van der Waals surface area contributed by atoms with Crippen molar-refractivity contribution in [3.05, 3.63) is 30.1 Å². The van der Waals surface area contributed by atoms with E-state index in [0.717, 1.165) is 58.5 Å². The first-order valence-electron chi connectivity index (χ1n) is 8.45. The molecule has 5 nitrogen and oxygen atoms in total. The second-order valence-electron chi connectivity index (χ2n) is 6.52. The lowest BCUT2D eigenvalue weighted by Gasteiger charge is -2.32. The van der Waals surface area contributed by atoms with Crippen molar-refractivity contribution in [1.29, 1.82) is 0 Å². The zero-order valence-electron chi connectivity index (χ0n) is 13.8. The molecule has 2 aromatic heterocycles. The van der Waals surface area contributed by atoms with Crippen LogP contribution in [0.2, 0.25) is 0 Å². The van der Waals surface area contributed by atoms with E-state index in [1.54, 1.807) is 0 Å². The number of benzene rings is 1. The molecule has 1 fully saturated rings. The number of fused-ring (bicyclic) bond motifs is 3. The number of para-hydroxylation sites is 1. The lowest BCUT2D eigenvalue weighted by atomic mass is 9.96. The van der Waals surface area contributed by atoms with Crippen molar-refractivity contribution in [2.24, 2.45) is 0 Å². The number of aliphatic hydroxyl groups is 1. The number of nitrogen functional groups attached to an aromatic ring is 1. The molecular formula is C18H22N4OS. The molecule has 126 valence electrons. The number of anilines is 1. The van der Waals surface area contributed by atoms with Gasteiger partial charge in [0.25, 0.3) is 0 Å². The molecule has 1 aliphatic rings. The summed E-state index contributed by atoms with van der Waals surface area (Å²) in [6, 6.07) is 8.01. The van der Waals surface area contributed by atoms with Gasteiger partial charge in [-0.05, 0) is 30.4 Å². The van der Waals surface area contributed by atoms with E-state index >= 15 is 0 Å². The Bertz CT molecular complexity index is 899. The number of nitrogens with two attached hydrogens (primary N) is 1. The van der Waals surface area contributed by atoms with Crippen LogP contribution in [0.3, 0.4) is 0 Å². The van der Waals surface area contributed by atoms with Crippen LogP contribution in [-0.4, -0.2) is 36.7 Å². The molecule has 0 unspecified atom stereocenters. The van der Waals surface area contributed by atoms with E-state index < -0.39 is 5.60 Å². The minimum absolute atomic E-state index is 0.461. The molecule has 0 bridgehead atoms. The highest BCUT2D eigenvalue weighted by Gasteiger charge is 2.32. The van der Waals surface area contributed by atoms with Crippen molar-refractivity contribution in [2.75, 3.05) is 17.2 Å². The van der Waals surface area contributed by atoms with Gasteiger partial charge >= 0.3 is 0 Å². The summed E-state index contributed by atoms with van der Waals surface area (Å²) in [5, 5.41) is 12.1. The number of nitrogens with zero attached hydrogens (tertiary/aromatic N) is 3. The second-order valence-corrected chi connectivity index (χ2v) is 7.74. The Hall–Kier alpha value is -1.79. The van der Waals surface area contributed by atoms with Crippen LogP contribution in [0.5, 0.6) is 0 Å². The molecule has 3 heterocycles. The highest BCUT2D eigenvalue weighted by atomic mass is 32.2. The Kier molecular flexibility index (Phi) is 3.89. The fraction of sp³-hybridized carbons (Fsp3) is 0.444. The van der Waals surface area contributed by atoms with E-state index in [1.165, 1.54) is 0 Å². The van der Waals surface area contributed by atoms with Crippen molar-refractivity contribution in [3.63, 3.8) is 0 Å². The zero-order valence-corrected chi connectivity index (χ0v) is 14.6. The molecule has 0 radical (unpaired) electrons. The molecular weight excluding hydrogens is 320 g/mol. The molecule has 1 saturated heterocycles. The Balaban J connectivity index is 1.95. The molecule has 0 saturated carbocycles. The first-order chi connectivity index (χ1) is 11.6. The van der Waals surface area contributed by atoms with Gasteiger partial charge in [-0.2, -0.15) is 11.8 Å². The molecule has 3 aromatic rings. The highest BCUT2D eigenvalue weighted by molar-refractivity contribution is 7.99. The summed E-state index contributed by atoms with van der Waals surface area (Å²) >= 11 is 1.91. The van der Waals surface area contributed by atoms with Crippen LogP contribution in [0, 0.1) is 0 Å². The number of hydrogen-bond donors (Lipinski definition) is 2. The molecule has 1 aromatic carbocycles. The summed E-state index contributed by atoms with van der Waals surface area (Å²) in [5.41, 5.74) is 8.13. The molecule has 0 aliphatic carbocycles. The second kappa shape index (κ2) is 5.93. The summed E-state index contributed by atoms with van der Waals surface area (Å²) < 4.78 is 2.17. The van der Waals surface area contributed by atoms with E-state index in [9.17, 15) is 5.11 Å². The molecule has 0 amide bonds. The summed E-state index contributed by atoms with van der Waals surface area (Å²) in [6.45, 7) is 2.66. The van der Waals surface area contributed by atoms with Gasteiger partial charge in [-0.3, -0.25) is 0 Å². The minimum atomic E-state index is -0.665. The SMILES string of the molecule is CCc1nc2c(N)nc3ccccc3c2n1CC1(O)CCSCC1. The number of aryl methyl sites for hydroxylation is 1. The highest BCUT2D eigenvalue weighted by Crippen LogP contribution is 2.33. The van der Waals surface area contributed by atoms with Gasteiger partial charge in [-0.15, -0.1) is 0 Å². The third-order valence-corrected chi connectivity index (χ3v) is 5.87. The van der Waals surface area contributed by atoms with Crippen LogP contribution < -0.4 is 5.73 Å². The van der Waals surface area contributed by atoms with Crippen molar-refractivity contribution in [3.8, 4) is 0 Å². The molecule has 6 heteroatoms. The van der Waals surface area contributed by atoms with Crippen molar-refractivity contribution < 1.29 is 5.11 Å². The monoisotopic (exact) mass is 342 g/mol. The first kappa shape index (κ1) is 15.7. The van der Waals surface area contributed by atoms with Crippen LogP contribution in [-0.2, 0) is 13.0 Å². The number of rotatable bonds is 3. The van der Waals surface area contributed by atoms with E-state index in [2.05, 4.69) is 22.5 Å². The van der Waals surface area contributed by atoms with Crippen LogP contribution in [0.15, 0.2) is 24.3 Å². The smallest absolute Gasteiger partial charge is 0.152 e. The van der Waals surface area contributed by atoms with Gasteiger partial charge in [-0.1, -0.05) is 25.1 Å². The number of pyridine rings is 1. The number of thioether (sulfide) groups is 1. The van der Waals surface area contributed by atoms with E-state index in [0.29, 0.717) is 12.4 Å². The van der Waals surface area contributed by atoms with Gasteiger partial charge in [0, 0.05) is 11.8 Å². The Labute approximate surface area is 145 Å². The number of hydrogen-bond acceptors (Lipinski definition) is 5. The average Bonchev–Trinajstić information content (AvgIpc) is 2.94. The minimum Gasteiger partial charge on any atom is -0.388 e. The predicted molar refractivity (Wildman–Crippen MR) is 100 cm³/mol. The molecule has 0 spiro atoms. The maximum Gasteiger partial charge on any atom is 0.152 e. The summed E-state index contributed by atoms with van der Waals surface area (Å²) in [6.07, 6.45) is 2.44. The summed E-state index contributed by atoms with van der Waals surface area (Å²) in [4.78, 5) is 9.23.